The fraction of sp³-hybridized carbons (Fsp3) is 0.235. The number of nitrogens with one attached hydrogen (secondary N) is 1. The predicted molar refractivity (Wildman–Crippen MR) is 178 cm³/mol. The highest BCUT2D eigenvalue weighted by Gasteiger charge is 2.35. The second-order valence-corrected chi connectivity index (χ2v) is 12.9. The van der Waals surface area contributed by atoms with Crippen LogP contribution in [0.2, 0.25) is 5.02 Å². The minimum absolute atomic E-state index is 0.0494. The average Bonchev–Trinajstić information content (AvgIpc) is 3.06. The first-order valence-corrected chi connectivity index (χ1v) is 16.6. The quantitative estimate of drug-likeness (QED) is 0.0944. The van der Waals surface area contributed by atoms with Crippen molar-refractivity contribution < 1.29 is 22.9 Å². The van der Waals surface area contributed by atoms with E-state index in [1.54, 1.807) is 42.5 Å². The van der Waals surface area contributed by atoms with Crippen LogP contribution in [-0.4, -0.2) is 49.2 Å². The molecule has 0 aliphatic carbocycles. The van der Waals surface area contributed by atoms with Crippen LogP contribution in [0.1, 0.15) is 30.9 Å². The molecule has 4 rings (SSSR count). The second kappa shape index (κ2) is 16.0. The van der Waals surface area contributed by atoms with Crippen LogP contribution in [0.25, 0.3) is 0 Å². The molecule has 2 amide bonds. The highest BCUT2D eigenvalue weighted by molar-refractivity contribution is 7.92. The summed E-state index contributed by atoms with van der Waals surface area (Å²) in [6.07, 6.45) is 1.75. The molecule has 4 aromatic rings. The maximum Gasteiger partial charge on any atom is 0.271 e. The van der Waals surface area contributed by atoms with Crippen LogP contribution in [0.4, 0.5) is 11.4 Å². The first kappa shape index (κ1) is 34.1. The van der Waals surface area contributed by atoms with Gasteiger partial charge in [-0.1, -0.05) is 91.7 Å². The number of carbonyl (C=O) groups is 2. The van der Waals surface area contributed by atoms with Crippen LogP contribution in [-0.2, 0) is 32.6 Å². The molecule has 46 heavy (non-hydrogen) atoms. The third-order valence-electron chi connectivity index (χ3n) is 7.28. The van der Waals surface area contributed by atoms with E-state index in [4.69, 9.17) is 11.6 Å². The van der Waals surface area contributed by atoms with Gasteiger partial charge in [0.05, 0.1) is 15.5 Å². The van der Waals surface area contributed by atoms with Crippen LogP contribution >= 0.6 is 11.6 Å². The number of halogens is 1. The fourth-order valence-corrected chi connectivity index (χ4v) is 6.54. The van der Waals surface area contributed by atoms with Gasteiger partial charge in [0, 0.05) is 36.7 Å². The Balaban J connectivity index is 1.81. The summed E-state index contributed by atoms with van der Waals surface area (Å²) in [6.45, 7) is 1.62. The summed E-state index contributed by atoms with van der Waals surface area (Å²) < 4.78 is 28.9. The van der Waals surface area contributed by atoms with Gasteiger partial charge in [0.2, 0.25) is 11.8 Å². The fourth-order valence-electron chi connectivity index (χ4n) is 4.90. The lowest BCUT2D eigenvalue weighted by atomic mass is 10.0. The molecule has 1 atom stereocenters. The molecule has 4 aromatic carbocycles. The molecule has 0 radical (unpaired) electrons. The molecule has 12 heteroatoms. The minimum Gasteiger partial charge on any atom is -0.354 e. The zero-order valence-corrected chi connectivity index (χ0v) is 26.9. The van der Waals surface area contributed by atoms with Crippen molar-refractivity contribution in [2.75, 3.05) is 17.4 Å². The molecule has 0 aliphatic rings. The number of hydrogen-bond donors (Lipinski definition) is 1. The third-order valence-corrected chi connectivity index (χ3v) is 9.30. The molecule has 0 heterocycles. The van der Waals surface area contributed by atoms with Gasteiger partial charge in [-0.15, -0.1) is 0 Å². The summed E-state index contributed by atoms with van der Waals surface area (Å²) in [5.74, 6) is -1.07. The Bertz CT molecular complexity index is 1760. The first-order chi connectivity index (χ1) is 22.1. The molecule has 0 saturated carbocycles. The van der Waals surface area contributed by atoms with Crippen molar-refractivity contribution in [2.45, 2.75) is 43.7 Å². The number of anilines is 1. The molecule has 0 bridgehead atoms. The van der Waals surface area contributed by atoms with Gasteiger partial charge < -0.3 is 10.2 Å². The number of nitro benzene ring substituents is 1. The standard InChI is InChI=1S/C34H35ClN4O6S/c1-2-3-20-36-34(41)32(22-26-12-6-4-7-13-26)37(24-27-14-10-15-28(35)21-27)33(40)25-38(29-16-11-17-30(23-29)39(42)43)46(44,45)31-18-8-5-9-19-31/h4-19,21,23,32H,2-3,20,22,24-25H2,1H3,(H,36,41)/t32-/m1/s1. The third kappa shape index (κ3) is 8.92. The molecule has 0 aliphatic heterocycles. The van der Waals surface area contributed by atoms with E-state index in [9.17, 15) is 28.1 Å². The van der Waals surface area contributed by atoms with E-state index in [0.717, 1.165) is 28.8 Å². The number of carbonyl (C=O) groups excluding carboxylic acids is 2. The number of hydrogen-bond acceptors (Lipinski definition) is 6. The monoisotopic (exact) mass is 662 g/mol. The molecule has 0 spiro atoms. The number of nitrogens with zero attached hydrogens (tertiary/aromatic N) is 3. The zero-order valence-electron chi connectivity index (χ0n) is 25.3. The lowest BCUT2D eigenvalue weighted by molar-refractivity contribution is -0.384. The van der Waals surface area contributed by atoms with E-state index < -0.39 is 33.4 Å². The molecule has 0 fully saturated rings. The molecule has 1 N–H and O–H groups in total. The zero-order chi connectivity index (χ0) is 33.1. The highest BCUT2D eigenvalue weighted by atomic mass is 35.5. The smallest absolute Gasteiger partial charge is 0.271 e. The van der Waals surface area contributed by atoms with Gasteiger partial charge in [-0.2, -0.15) is 0 Å². The average molecular weight is 663 g/mol. The molecule has 0 saturated heterocycles. The van der Waals surface area contributed by atoms with E-state index in [2.05, 4.69) is 5.32 Å². The van der Waals surface area contributed by atoms with Crippen LogP contribution in [0.15, 0.2) is 114 Å². The van der Waals surface area contributed by atoms with Gasteiger partial charge >= 0.3 is 0 Å². The molecule has 240 valence electrons. The van der Waals surface area contributed by atoms with Crippen molar-refractivity contribution >= 4 is 44.8 Å². The van der Waals surface area contributed by atoms with E-state index >= 15 is 0 Å². The van der Waals surface area contributed by atoms with E-state index in [1.807, 2.05) is 37.3 Å². The first-order valence-electron chi connectivity index (χ1n) is 14.8. The van der Waals surface area contributed by atoms with Gasteiger partial charge in [-0.25, -0.2) is 8.42 Å². The molecule has 0 aromatic heterocycles. The summed E-state index contributed by atoms with van der Waals surface area (Å²) in [4.78, 5) is 40.5. The van der Waals surface area contributed by atoms with E-state index in [1.165, 1.54) is 35.2 Å². The van der Waals surface area contributed by atoms with Crippen molar-refractivity contribution in [3.05, 3.63) is 135 Å². The number of nitro groups is 1. The lowest BCUT2D eigenvalue weighted by Crippen LogP contribution is -2.53. The predicted octanol–water partition coefficient (Wildman–Crippen LogP) is 6.00. The van der Waals surface area contributed by atoms with Crippen molar-refractivity contribution in [3.63, 3.8) is 0 Å². The number of benzene rings is 4. The Kier molecular flexibility index (Phi) is 11.9. The van der Waals surface area contributed by atoms with Crippen molar-refractivity contribution in [2.24, 2.45) is 0 Å². The Morgan fingerprint density at radius 2 is 1.54 bits per heavy atom. The van der Waals surface area contributed by atoms with Crippen molar-refractivity contribution in [1.29, 1.82) is 0 Å². The molecule has 10 nitrogen and oxygen atoms in total. The van der Waals surface area contributed by atoms with E-state index in [0.29, 0.717) is 17.1 Å². The van der Waals surface area contributed by atoms with Gasteiger partial charge in [0.25, 0.3) is 15.7 Å². The van der Waals surface area contributed by atoms with E-state index in [-0.39, 0.29) is 35.1 Å². The highest BCUT2D eigenvalue weighted by Crippen LogP contribution is 2.28. The van der Waals surface area contributed by atoms with Crippen molar-refractivity contribution in [3.8, 4) is 0 Å². The van der Waals surface area contributed by atoms with Crippen LogP contribution in [0.5, 0.6) is 0 Å². The normalized spacial score (nSPS) is 11.8. The summed E-state index contributed by atoms with van der Waals surface area (Å²) in [6, 6.07) is 27.6. The topological polar surface area (TPSA) is 130 Å². The molecular formula is C34H35ClN4O6S. The molecule has 0 unspecified atom stereocenters. The number of non-ortho nitro benzene ring substituents is 1. The number of sulfonamides is 1. The van der Waals surface area contributed by atoms with Crippen molar-refractivity contribution in [1.82, 2.24) is 10.2 Å². The Morgan fingerprint density at radius 1 is 0.891 bits per heavy atom. The SMILES string of the molecule is CCCCNC(=O)[C@@H](Cc1ccccc1)N(Cc1cccc(Cl)c1)C(=O)CN(c1cccc([N+](=O)[O-])c1)S(=O)(=O)c1ccccc1. The maximum absolute atomic E-state index is 14.5. The van der Waals surface area contributed by atoms with Crippen LogP contribution < -0.4 is 9.62 Å². The summed E-state index contributed by atoms with van der Waals surface area (Å²) >= 11 is 6.27. The Labute approximate surface area is 273 Å². The summed E-state index contributed by atoms with van der Waals surface area (Å²) in [5, 5.41) is 15.0. The number of amides is 2. The van der Waals surface area contributed by atoms with Gasteiger partial charge in [0.15, 0.2) is 0 Å². The largest absolute Gasteiger partial charge is 0.354 e. The number of rotatable bonds is 15. The summed E-state index contributed by atoms with van der Waals surface area (Å²) in [7, 11) is -4.39. The minimum atomic E-state index is -4.39. The Morgan fingerprint density at radius 3 is 2.20 bits per heavy atom. The molecular weight excluding hydrogens is 628 g/mol. The summed E-state index contributed by atoms with van der Waals surface area (Å²) in [5.41, 5.74) is 1.02. The maximum atomic E-state index is 14.5. The second-order valence-electron chi connectivity index (χ2n) is 10.6. The van der Waals surface area contributed by atoms with Crippen LogP contribution in [0.3, 0.4) is 0 Å². The van der Waals surface area contributed by atoms with Gasteiger partial charge in [-0.3, -0.25) is 24.0 Å². The van der Waals surface area contributed by atoms with Gasteiger partial charge in [0.1, 0.15) is 12.6 Å². The van der Waals surface area contributed by atoms with Crippen LogP contribution in [0, 0.1) is 10.1 Å². The lowest BCUT2D eigenvalue weighted by Gasteiger charge is -2.34. The van der Waals surface area contributed by atoms with Gasteiger partial charge in [-0.05, 0) is 47.9 Å². The number of unbranched alkanes of at least 4 members (excludes halogenated alkanes) is 1. The Hall–Kier alpha value is -4.74.